The van der Waals surface area contributed by atoms with Crippen LogP contribution in [0.1, 0.15) is 46.5 Å². The van der Waals surface area contributed by atoms with Crippen LogP contribution in [-0.4, -0.2) is 12.7 Å². The lowest BCUT2D eigenvalue weighted by atomic mass is 9.67. The molecule has 3 atom stereocenters. The first-order chi connectivity index (χ1) is 6.08. The van der Waals surface area contributed by atoms with E-state index < -0.39 is 0 Å². The van der Waals surface area contributed by atoms with Gasteiger partial charge in [-0.05, 0) is 42.9 Å². The molecule has 1 aliphatic carbocycles. The Hall–Kier alpha value is -0.0400. The van der Waals surface area contributed by atoms with Crippen LogP contribution < -0.4 is 0 Å². The van der Waals surface area contributed by atoms with E-state index in [1.54, 1.807) is 0 Å². The zero-order valence-corrected chi connectivity index (χ0v) is 9.18. The van der Waals surface area contributed by atoms with E-state index in [4.69, 9.17) is 4.74 Å². The quantitative estimate of drug-likeness (QED) is 0.559. The Kier molecular flexibility index (Phi) is 2.39. The normalized spacial score (nSPS) is 44.1. The zero-order valence-electron chi connectivity index (χ0n) is 9.18. The molecular formula is C12H22O. The lowest BCUT2D eigenvalue weighted by Crippen LogP contribution is -2.42. The molecule has 0 amide bonds. The molecule has 0 aromatic heterocycles. The van der Waals surface area contributed by atoms with Crippen LogP contribution >= 0.6 is 0 Å². The van der Waals surface area contributed by atoms with E-state index in [0.29, 0.717) is 11.5 Å². The van der Waals surface area contributed by atoms with Crippen molar-refractivity contribution in [3.63, 3.8) is 0 Å². The van der Waals surface area contributed by atoms with Crippen LogP contribution in [0.15, 0.2) is 0 Å². The summed E-state index contributed by atoms with van der Waals surface area (Å²) >= 11 is 0. The summed E-state index contributed by atoms with van der Waals surface area (Å²) in [7, 11) is 0. The van der Waals surface area contributed by atoms with Gasteiger partial charge in [-0.25, -0.2) is 0 Å². The highest BCUT2D eigenvalue weighted by Gasteiger charge is 2.39. The van der Waals surface area contributed by atoms with Crippen molar-refractivity contribution in [2.75, 3.05) is 6.61 Å². The second-order valence-corrected chi connectivity index (χ2v) is 5.75. The van der Waals surface area contributed by atoms with Gasteiger partial charge in [-0.1, -0.05) is 20.8 Å². The van der Waals surface area contributed by atoms with E-state index in [-0.39, 0.29) is 0 Å². The van der Waals surface area contributed by atoms with Gasteiger partial charge in [0.15, 0.2) is 0 Å². The van der Waals surface area contributed by atoms with Gasteiger partial charge in [-0.2, -0.15) is 0 Å². The summed E-state index contributed by atoms with van der Waals surface area (Å²) in [4.78, 5) is 0. The second-order valence-electron chi connectivity index (χ2n) is 5.75. The van der Waals surface area contributed by atoms with Crippen molar-refractivity contribution in [2.24, 2.45) is 17.3 Å². The van der Waals surface area contributed by atoms with E-state index in [1.807, 2.05) is 0 Å². The molecule has 1 heterocycles. The monoisotopic (exact) mass is 182 g/mol. The van der Waals surface area contributed by atoms with Crippen molar-refractivity contribution >= 4 is 0 Å². The molecule has 0 aromatic rings. The van der Waals surface area contributed by atoms with Gasteiger partial charge in [0.25, 0.3) is 0 Å². The third kappa shape index (κ3) is 1.90. The highest BCUT2D eigenvalue weighted by Crippen LogP contribution is 2.44. The zero-order chi connectivity index (χ0) is 9.47. The van der Waals surface area contributed by atoms with Crippen molar-refractivity contribution < 1.29 is 4.74 Å². The molecule has 13 heavy (non-hydrogen) atoms. The van der Waals surface area contributed by atoms with E-state index >= 15 is 0 Å². The van der Waals surface area contributed by atoms with E-state index in [9.17, 15) is 0 Å². The first kappa shape index (κ1) is 9.51. The predicted molar refractivity (Wildman–Crippen MR) is 54.6 cm³/mol. The molecule has 2 fully saturated rings. The molecule has 0 radical (unpaired) electrons. The van der Waals surface area contributed by atoms with Gasteiger partial charge in [0.05, 0.1) is 6.10 Å². The van der Waals surface area contributed by atoms with E-state index in [2.05, 4.69) is 20.8 Å². The molecule has 0 aromatic carbocycles. The van der Waals surface area contributed by atoms with Crippen LogP contribution in [0.4, 0.5) is 0 Å². The highest BCUT2D eigenvalue weighted by atomic mass is 16.5. The van der Waals surface area contributed by atoms with Gasteiger partial charge in [0.2, 0.25) is 0 Å². The molecule has 0 spiro atoms. The number of ether oxygens (including phenoxy) is 1. The molecule has 1 heteroatoms. The SMILES string of the molecule is CC1CCOC2CC(C)(C)CCC12. The fourth-order valence-corrected chi connectivity index (χ4v) is 2.99. The Morgan fingerprint density at radius 2 is 2.00 bits per heavy atom. The molecule has 1 aliphatic heterocycles. The number of hydrogen-bond acceptors (Lipinski definition) is 1. The molecule has 1 nitrogen and oxygen atoms in total. The van der Waals surface area contributed by atoms with Gasteiger partial charge < -0.3 is 4.74 Å². The first-order valence-corrected chi connectivity index (χ1v) is 5.70. The van der Waals surface area contributed by atoms with Crippen molar-refractivity contribution in [1.82, 2.24) is 0 Å². The van der Waals surface area contributed by atoms with Crippen LogP contribution in [-0.2, 0) is 4.74 Å². The van der Waals surface area contributed by atoms with Crippen LogP contribution in [0, 0.1) is 17.3 Å². The average molecular weight is 182 g/mol. The maximum Gasteiger partial charge on any atom is 0.0610 e. The Balaban J connectivity index is 2.04. The van der Waals surface area contributed by atoms with Crippen LogP contribution in [0.25, 0.3) is 0 Å². The van der Waals surface area contributed by atoms with Crippen LogP contribution in [0.3, 0.4) is 0 Å². The minimum atomic E-state index is 0.526. The Morgan fingerprint density at radius 1 is 1.23 bits per heavy atom. The third-order valence-electron chi connectivity index (χ3n) is 4.02. The standard InChI is InChI=1S/C12H22O/c1-9-5-7-13-11-8-12(2,3)6-4-10(9)11/h9-11H,4-8H2,1-3H3. The molecule has 1 saturated carbocycles. The molecular weight excluding hydrogens is 160 g/mol. The summed E-state index contributed by atoms with van der Waals surface area (Å²) in [6.07, 6.45) is 5.91. The summed E-state index contributed by atoms with van der Waals surface area (Å²) < 4.78 is 5.89. The third-order valence-corrected chi connectivity index (χ3v) is 4.02. The minimum Gasteiger partial charge on any atom is -0.378 e. The van der Waals surface area contributed by atoms with E-state index in [0.717, 1.165) is 18.4 Å². The maximum absolute atomic E-state index is 5.89. The first-order valence-electron chi connectivity index (χ1n) is 5.70. The Bertz CT molecular complexity index is 186. The van der Waals surface area contributed by atoms with Crippen molar-refractivity contribution in [3.8, 4) is 0 Å². The Labute approximate surface area is 81.9 Å². The molecule has 2 rings (SSSR count). The van der Waals surface area contributed by atoms with Gasteiger partial charge in [-0.3, -0.25) is 0 Å². The largest absolute Gasteiger partial charge is 0.378 e. The van der Waals surface area contributed by atoms with Gasteiger partial charge in [-0.15, -0.1) is 0 Å². The second kappa shape index (κ2) is 3.27. The Morgan fingerprint density at radius 3 is 2.77 bits per heavy atom. The molecule has 1 saturated heterocycles. The number of hydrogen-bond donors (Lipinski definition) is 0. The van der Waals surface area contributed by atoms with Gasteiger partial charge >= 0.3 is 0 Å². The topological polar surface area (TPSA) is 9.23 Å². The average Bonchev–Trinajstić information content (AvgIpc) is 2.02. The van der Waals surface area contributed by atoms with Gasteiger partial charge in [0, 0.05) is 6.61 Å². The predicted octanol–water partition coefficient (Wildman–Crippen LogP) is 3.24. The fraction of sp³-hybridized carbons (Fsp3) is 1.00. The molecule has 0 bridgehead atoms. The highest BCUT2D eigenvalue weighted by molar-refractivity contribution is 4.89. The van der Waals surface area contributed by atoms with Crippen LogP contribution in [0.5, 0.6) is 0 Å². The number of fused-ring (bicyclic) bond motifs is 1. The maximum atomic E-state index is 5.89. The van der Waals surface area contributed by atoms with Crippen molar-refractivity contribution in [2.45, 2.75) is 52.6 Å². The molecule has 0 N–H and O–H groups in total. The molecule has 3 unspecified atom stereocenters. The molecule has 2 aliphatic rings. The lowest BCUT2D eigenvalue weighted by Gasteiger charge is -2.45. The van der Waals surface area contributed by atoms with Crippen molar-refractivity contribution in [3.05, 3.63) is 0 Å². The summed E-state index contributed by atoms with van der Waals surface area (Å²) in [5.41, 5.74) is 0.526. The summed E-state index contributed by atoms with van der Waals surface area (Å²) in [5.74, 6) is 1.76. The fourth-order valence-electron chi connectivity index (χ4n) is 2.99. The summed E-state index contributed by atoms with van der Waals surface area (Å²) in [6, 6.07) is 0. The summed E-state index contributed by atoms with van der Waals surface area (Å²) in [5, 5.41) is 0. The smallest absolute Gasteiger partial charge is 0.0610 e. The van der Waals surface area contributed by atoms with Gasteiger partial charge in [0.1, 0.15) is 0 Å². The lowest BCUT2D eigenvalue weighted by molar-refractivity contribution is -0.0976. The number of rotatable bonds is 0. The van der Waals surface area contributed by atoms with Crippen molar-refractivity contribution in [1.29, 1.82) is 0 Å². The van der Waals surface area contributed by atoms with Crippen LogP contribution in [0.2, 0.25) is 0 Å². The molecule has 76 valence electrons. The summed E-state index contributed by atoms with van der Waals surface area (Å²) in [6.45, 7) is 8.16. The van der Waals surface area contributed by atoms with E-state index in [1.165, 1.54) is 25.7 Å². The minimum absolute atomic E-state index is 0.526.